The summed E-state index contributed by atoms with van der Waals surface area (Å²) in [5.41, 5.74) is 5.97. The minimum atomic E-state index is 0.632. The maximum atomic E-state index is 5.97. The Kier molecular flexibility index (Phi) is 6.50. The van der Waals surface area contributed by atoms with E-state index >= 15 is 0 Å². The number of nitrogens with zero attached hydrogens (tertiary/aromatic N) is 1. The molecule has 4 atom stereocenters. The molecule has 1 aliphatic heterocycles. The molecule has 0 spiro atoms. The Morgan fingerprint density at radius 2 is 1.94 bits per heavy atom. The van der Waals surface area contributed by atoms with E-state index in [0.717, 1.165) is 24.5 Å². The minimum Gasteiger partial charge on any atom is -0.329 e. The lowest BCUT2D eigenvalue weighted by Gasteiger charge is -2.46. The highest BCUT2D eigenvalue weighted by Crippen LogP contribution is 2.29. The van der Waals surface area contributed by atoms with Crippen LogP contribution in [0.5, 0.6) is 0 Å². The maximum Gasteiger partial charge on any atom is 0.0224 e. The van der Waals surface area contributed by atoms with Crippen LogP contribution in [0.3, 0.4) is 0 Å². The molecule has 1 heterocycles. The molecule has 0 saturated carbocycles. The van der Waals surface area contributed by atoms with Gasteiger partial charge in [0.25, 0.3) is 0 Å². The summed E-state index contributed by atoms with van der Waals surface area (Å²) in [4.78, 5) is 2.75. The third-order valence-electron chi connectivity index (χ3n) is 4.63. The van der Waals surface area contributed by atoms with E-state index in [2.05, 4.69) is 32.6 Å². The van der Waals surface area contributed by atoms with E-state index in [1.54, 1.807) is 0 Å². The Bertz CT molecular complexity index is 205. The van der Waals surface area contributed by atoms with Crippen molar-refractivity contribution in [3.63, 3.8) is 0 Å². The molecule has 0 aromatic carbocycles. The van der Waals surface area contributed by atoms with Crippen LogP contribution in [-0.2, 0) is 0 Å². The summed E-state index contributed by atoms with van der Waals surface area (Å²) in [6.45, 7) is 10.2. The highest BCUT2D eigenvalue weighted by atomic mass is 15.2. The fourth-order valence-corrected chi connectivity index (χ4v) is 3.33. The van der Waals surface area contributed by atoms with Crippen LogP contribution in [0.2, 0.25) is 0 Å². The minimum absolute atomic E-state index is 0.632. The van der Waals surface area contributed by atoms with Crippen molar-refractivity contribution in [3.05, 3.63) is 0 Å². The zero-order valence-corrected chi connectivity index (χ0v) is 12.3. The van der Waals surface area contributed by atoms with Gasteiger partial charge < -0.3 is 5.73 Å². The summed E-state index contributed by atoms with van der Waals surface area (Å²) < 4.78 is 0. The molecule has 2 heteroatoms. The van der Waals surface area contributed by atoms with Gasteiger partial charge in [-0.3, -0.25) is 4.90 Å². The molecule has 1 fully saturated rings. The van der Waals surface area contributed by atoms with Gasteiger partial charge in [0.15, 0.2) is 0 Å². The van der Waals surface area contributed by atoms with Gasteiger partial charge in [0.2, 0.25) is 0 Å². The predicted molar refractivity (Wildman–Crippen MR) is 76.1 cm³/mol. The molecule has 17 heavy (non-hydrogen) atoms. The van der Waals surface area contributed by atoms with E-state index in [9.17, 15) is 0 Å². The average Bonchev–Trinajstić information content (AvgIpc) is 2.35. The zero-order valence-electron chi connectivity index (χ0n) is 12.3. The molecular weight excluding hydrogens is 208 g/mol. The van der Waals surface area contributed by atoms with Crippen LogP contribution < -0.4 is 5.73 Å². The van der Waals surface area contributed by atoms with Crippen molar-refractivity contribution in [1.29, 1.82) is 0 Å². The topological polar surface area (TPSA) is 29.3 Å². The second-order valence-corrected chi connectivity index (χ2v) is 5.93. The molecule has 2 N–H and O–H groups in total. The summed E-state index contributed by atoms with van der Waals surface area (Å²) in [6, 6.07) is 2.10. The fraction of sp³-hybridized carbons (Fsp3) is 1.00. The molecule has 0 radical (unpaired) electrons. The number of hydrogen-bond acceptors (Lipinski definition) is 2. The Labute approximate surface area is 108 Å². The van der Waals surface area contributed by atoms with E-state index in [0.29, 0.717) is 6.04 Å². The van der Waals surface area contributed by atoms with Gasteiger partial charge in [-0.05, 0) is 38.5 Å². The van der Waals surface area contributed by atoms with Crippen LogP contribution in [0, 0.1) is 5.92 Å². The third kappa shape index (κ3) is 3.96. The summed E-state index contributed by atoms with van der Waals surface area (Å²) >= 11 is 0. The lowest BCUT2D eigenvalue weighted by molar-refractivity contribution is 0.0373. The van der Waals surface area contributed by atoms with Crippen LogP contribution in [0.15, 0.2) is 0 Å². The van der Waals surface area contributed by atoms with Crippen molar-refractivity contribution in [2.24, 2.45) is 11.7 Å². The van der Waals surface area contributed by atoms with Crippen molar-refractivity contribution >= 4 is 0 Å². The molecule has 4 unspecified atom stereocenters. The highest BCUT2D eigenvalue weighted by Gasteiger charge is 2.32. The molecule has 0 aromatic heterocycles. The van der Waals surface area contributed by atoms with Gasteiger partial charge in [0.1, 0.15) is 0 Å². The smallest absolute Gasteiger partial charge is 0.0224 e. The van der Waals surface area contributed by atoms with E-state index in [-0.39, 0.29) is 0 Å². The summed E-state index contributed by atoms with van der Waals surface area (Å²) in [5, 5.41) is 0. The highest BCUT2D eigenvalue weighted by molar-refractivity contribution is 4.88. The molecule has 1 saturated heterocycles. The molecule has 2 nitrogen and oxygen atoms in total. The number of hydrogen-bond donors (Lipinski definition) is 1. The molecule has 0 aromatic rings. The van der Waals surface area contributed by atoms with Gasteiger partial charge in [0.05, 0.1) is 0 Å². The van der Waals surface area contributed by atoms with Gasteiger partial charge in [-0.1, -0.05) is 33.6 Å². The fourth-order valence-electron chi connectivity index (χ4n) is 3.33. The quantitative estimate of drug-likeness (QED) is 0.771. The van der Waals surface area contributed by atoms with Gasteiger partial charge in [-0.2, -0.15) is 0 Å². The van der Waals surface area contributed by atoms with Crippen LogP contribution in [0.1, 0.15) is 66.2 Å². The van der Waals surface area contributed by atoms with E-state index in [1.807, 2.05) is 0 Å². The first-order valence-electron chi connectivity index (χ1n) is 7.61. The van der Waals surface area contributed by atoms with Gasteiger partial charge >= 0.3 is 0 Å². The molecule has 0 aliphatic carbocycles. The Morgan fingerprint density at radius 3 is 2.47 bits per heavy atom. The van der Waals surface area contributed by atoms with E-state index in [1.165, 1.54) is 38.5 Å². The maximum absolute atomic E-state index is 5.97. The van der Waals surface area contributed by atoms with Crippen LogP contribution >= 0.6 is 0 Å². The van der Waals surface area contributed by atoms with Gasteiger partial charge in [-0.15, -0.1) is 0 Å². The van der Waals surface area contributed by atoms with Crippen LogP contribution in [0.4, 0.5) is 0 Å². The monoisotopic (exact) mass is 240 g/mol. The van der Waals surface area contributed by atoms with Crippen molar-refractivity contribution in [1.82, 2.24) is 4.90 Å². The first kappa shape index (κ1) is 15.0. The largest absolute Gasteiger partial charge is 0.329 e. The van der Waals surface area contributed by atoms with Crippen molar-refractivity contribution in [3.8, 4) is 0 Å². The van der Waals surface area contributed by atoms with Crippen molar-refractivity contribution < 1.29 is 0 Å². The first-order valence-corrected chi connectivity index (χ1v) is 7.61. The number of rotatable bonds is 6. The Hall–Kier alpha value is -0.0800. The first-order chi connectivity index (χ1) is 8.13. The molecule has 1 aliphatic rings. The number of likely N-dealkylation sites (tertiary alicyclic amines) is 1. The summed E-state index contributed by atoms with van der Waals surface area (Å²) in [6.07, 6.45) is 7.93. The van der Waals surface area contributed by atoms with Gasteiger partial charge in [0, 0.05) is 24.7 Å². The molecule has 0 amide bonds. The Balaban J connectivity index is 2.68. The molecule has 0 bridgehead atoms. The number of piperidine rings is 1. The molecule has 102 valence electrons. The van der Waals surface area contributed by atoms with Crippen molar-refractivity contribution in [2.45, 2.75) is 84.3 Å². The predicted octanol–water partition coefficient (Wildman–Crippen LogP) is 3.40. The van der Waals surface area contributed by atoms with E-state index in [4.69, 9.17) is 5.73 Å². The van der Waals surface area contributed by atoms with Crippen molar-refractivity contribution in [2.75, 3.05) is 6.54 Å². The number of nitrogens with two attached hydrogens (primary N) is 1. The van der Waals surface area contributed by atoms with Gasteiger partial charge in [-0.25, -0.2) is 0 Å². The summed E-state index contributed by atoms with van der Waals surface area (Å²) in [7, 11) is 0. The van der Waals surface area contributed by atoms with Crippen LogP contribution in [0.25, 0.3) is 0 Å². The van der Waals surface area contributed by atoms with Crippen LogP contribution in [-0.4, -0.2) is 29.6 Å². The lowest BCUT2D eigenvalue weighted by Crippen LogP contribution is -2.54. The molecule has 1 rings (SSSR count). The normalized spacial score (nSPS) is 30.2. The molecular formula is C15H32N2. The Morgan fingerprint density at radius 1 is 1.24 bits per heavy atom. The third-order valence-corrected chi connectivity index (χ3v) is 4.63. The average molecular weight is 240 g/mol. The lowest BCUT2D eigenvalue weighted by atomic mass is 9.89. The second kappa shape index (κ2) is 7.38. The SMILES string of the molecule is CCC(C)CC(CC)N1C(C)CCCC1CN. The second-order valence-electron chi connectivity index (χ2n) is 5.93. The zero-order chi connectivity index (χ0) is 12.8. The van der Waals surface area contributed by atoms with E-state index < -0.39 is 0 Å². The standard InChI is InChI=1S/C15H32N2/c1-5-12(3)10-14(6-2)17-13(4)8-7-9-15(17)11-16/h12-15H,5-11,16H2,1-4H3. The summed E-state index contributed by atoms with van der Waals surface area (Å²) in [5.74, 6) is 0.840.